The van der Waals surface area contributed by atoms with Crippen LogP contribution < -0.4 is 5.32 Å². The van der Waals surface area contributed by atoms with Crippen molar-refractivity contribution in [1.29, 1.82) is 0 Å². The molecule has 3 rings (SSSR count). The van der Waals surface area contributed by atoms with E-state index in [4.69, 9.17) is 0 Å². The van der Waals surface area contributed by atoms with Crippen molar-refractivity contribution < 1.29 is 37.4 Å². The van der Waals surface area contributed by atoms with E-state index in [9.17, 15) is 37.4 Å². The molecule has 30 heavy (non-hydrogen) atoms. The topological polar surface area (TPSA) is 86.6 Å². The largest absolute Gasteiger partial charge is 0.507 e. The van der Waals surface area contributed by atoms with Gasteiger partial charge in [0.2, 0.25) is 0 Å². The fraction of sp³-hybridized carbons (Fsp3) is 0.100. The second-order valence-electron chi connectivity index (χ2n) is 6.25. The molecule has 1 heterocycles. The van der Waals surface area contributed by atoms with Crippen molar-refractivity contribution in [3.63, 3.8) is 0 Å². The molecule has 0 aliphatic rings. The zero-order valence-corrected chi connectivity index (χ0v) is 16.0. The Balaban J connectivity index is 2.03. The van der Waals surface area contributed by atoms with Crippen molar-refractivity contribution in [2.75, 3.05) is 5.32 Å². The third kappa shape index (κ3) is 3.86. The van der Waals surface area contributed by atoms with E-state index in [1.807, 2.05) is 0 Å². The number of nitrogens with one attached hydrogen (secondary N) is 1. The minimum atomic E-state index is -2.89. The van der Waals surface area contributed by atoms with Gasteiger partial charge in [-0.2, -0.15) is 0 Å². The first-order valence-electron chi connectivity index (χ1n) is 8.34. The number of halogens is 4. The van der Waals surface area contributed by atoms with Gasteiger partial charge >= 0.3 is 5.97 Å². The number of phenols is 1. The number of benzene rings is 2. The number of hydrogen-bond acceptors (Lipinski definition) is 4. The summed E-state index contributed by atoms with van der Waals surface area (Å²) in [6.07, 6.45) is -2.89. The molecule has 0 spiro atoms. The minimum absolute atomic E-state index is 0.0336. The highest BCUT2D eigenvalue weighted by atomic mass is 32.1. The second kappa shape index (κ2) is 8.15. The van der Waals surface area contributed by atoms with Crippen LogP contribution in [0.1, 0.15) is 38.3 Å². The van der Waals surface area contributed by atoms with E-state index < -0.39 is 52.4 Å². The van der Waals surface area contributed by atoms with E-state index in [-0.39, 0.29) is 21.7 Å². The third-order valence-corrected chi connectivity index (χ3v) is 5.21. The number of aromatic hydroxyl groups is 1. The number of aromatic carboxylic acids is 1. The van der Waals surface area contributed by atoms with E-state index in [0.717, 1.165) is 29.5 Å². The van der Waals surface area contributed by atoms with Crippen LogP contribution in [0.2, 0.25) is 0 Å². The average Bonchev–Trinajstić information content (AvgIpc) is 3.09. The lowest BCUT2D eigenvalue weighted by Crippen LogP contribution is -2.14. The molecule has 0 bridgehead atoms. The van der Waals surface area contributed by atoms with Gasteiger partial charge in [-0.25, -0.2) is 22.4 Å². The lowest BCUT2D eigenvalue weighted by Gasteiger charge is -2.10. The maximum Gasteiger partial charge on any atom is 0.339 e. The van der Waals surface area contributed by atoms with Crippen molar-refractivity contribution in [3.05, 3.63) is 69.6 Å². The Bertz CT molecular complexity index is 1160. The monoisotopic (exact) mass is 439 g/mol. The number of aryl methyl sites for hydroxylation is 1. The maximum atomic E-state index is 14.3. The molecule has 0 unspecified atom stereocenters. The van der Waals surface area contributed by atoms with Crippen molar-refractivity contribution in [2.24, 2.45) is 0 Å². The zero-order valence-electron chi connectivity index (χ0n) is 15.2. The molecule has 3 N–H and O–H groups in total. The first-order chi connectivity index (χ1) is 14.1. The van der Waals surface area contributed by atoms with Crippen molar-refractivity contribution in [3.8, 4) is 16.9 Å². The molecule has 1 aromatic heterocycles. The highest BCUT2D eigenvalue weighted by molar-refractivity contribution is 7.15. The number of anilines is 1. The van der Waals surface area contributed by atoms with Gasteiger partial charge in [0.15, 0.2) is 11.6 Å². The average molecular weight is 439 g/mol. The molecule has 156 valence electrons. The Morgan fingerprint density at radius 1 is 1.07 bits per heavy atom. The Hall–Kier alpha value is -3.40. The predicted molar refractivity (Wildman–Crippen MR) is 102 cm³/mol. The molecule has 0 atom stereocenters. The summed E-state index contributed by atoms with van der Waals surface area (Å²) in [5.41, 5.74) is -1.95. The Kier molecular flexibility index (Phi) is 5.79. The van der Waals surface area contributed by atoms with Gasteiger partial charge in [0, 0.05) is 22.1 Å². The van der Waals surface area contributed by atoms with Crippen LogP contribution in [-0.4, -0.2) is 22.1 Å². The standard InChI is InChI=1S/C20H13F4NO4S/c1-8-2-4-10(16(22)15(8)21)12-7-30-19(14(12)20(28)29)25-18(27)11-6-9(17(23)24)3-5-13(11)26/h2-7,17,26H,1H3,(H,25,27)(H,28,29). The Morgan fingerprint density at radius 3 is 2.40 bits per heavy atom. The van der Waals surface area contributed by atoms with Crippen molar-refractivity contribution in [1.82, 2.24) is 0 Å². The maximum absolute atomic E-state index is 14.3. The Labute approximate surface area is 171 Å². The smallest absolute Gasteiger partial charge is 0.339 e. The molecule has 1 amide bonds. The SMILES string of the molecule is Cc1ccc(-c2csc(NC(=O)c3cc(C(F)F)ccc3O)c2C(=O)O)c(F)c1F. The molecule has 0 saturated carbocycles. The van der Waals surface area contributed by atoms with E-state index in [2.05, 4.69) is 5.32 Å². The van der Waals surface area contributed by atoms with Gasteiger partial charge in [-0.15, -0.1) is 11.3 Å². The van der Waals surface area contributed by atoms with Gasteiger partial charge in [0.05, 0.1) is 5.56 Å². The van der Waals surface area contributed by atoms with Crippen LogP contribution in [0.3, 0.4) is 0 Å². The van der Waals surface area contributed by atoms with Gasteiger partial charge in [-0.1, -0.05) is 12.1 Å². The number of carboxylic acid groups (broad SMARTS) is 1. The van der Waals surface area contributed by atoms with Gasteiger partial charge < -0.3 is 15.5 Å². The quantitative estimate of drug-likeness (QED) is 0.452. The van der Waals surface area contributed by atoms with Gasteiger partial charge in [-0.3, -0.25) is 4.79 Å². The summed E-state index contributed by atoms with van der Waals surface area (Å²) in [6, 6.07) is 5.13. The first-order valence-corrected chi connectivity index (χ1v) is 9.22. The molecule has 0 aliphatic heterocycles. The number of phenolic OH excluding ortho intramolecular Hbond substituents is 1. The summed E-state index contributed by atoms with van der Waals surface area (Å²) >= 11 is 0.726. The number of carbonyl (C=O) groups is 2. The fourth-order valence-electron chi connectivity index (χ4n) is 2.76. The summed E-state index contributed by atoms with van der Waals surface area (Å²) < 4.78 is 54.0. The van der Waals surface area contributed by atoms with Crippen LogP contribution in [0.15, 0.2) is 35.7 Å². The summed E-state index contributed by atoms with van der Waals surface area (Å²) in [6.45, 7) is 1.35. The van der Waals surface area contributed by atoms with Crippen LogP contribution in [-0.2, 0) is 0 Å². The van der Waals surface area contributed by atoms with E-state index in [1.165, 1.54) is 24.4 Å². The third-order valence-electron chi connectivity index (χ3n) is 4.31. The van der Waals surface area contributed by atoms with Crippen LogP contribution in [0.25, 0.3) is 11.1 Å². The summed E-state index contributed by atoms with van der Waals surface area (Å²) in [5, 5.41) is 22.6. The molecular weight excluding hydrogens is 426 g/mol. The zero-order chi connectivity index (χ0) is 22.2. The lowest BCUT2D eigenvalue weighted by molar-refractivity contribution is 0.0699. The number of thiophene rings is 1. The first kappa shape index (κ1) is 21.3. The van der Waals surface area contributed by atoms with Crippen LogP contribution in [0.4, 0.5) is 22.6 Å². The number of amides is 1. The summed E-state index contributed by atoms with van der Waals surface area (Å²) in [7, 11) is 0. The molecule has 5 nitrogen and oxygen atoms in total. The van der Waals surface area contributed by atoms with Gasteiger partial charge in [0.1, 0.15) is 16.3 Å². The van der Waals surface area contributed by atoms with E-state index in [1.54, 1.807) is 0 Å². The predicted octanol–water partition coefficient (Wildman–Crippen LogP) is 5.60. The van der Waals surface area contributed by atoms with Gasteiger partial charge in [-0.05, 0) is 30.7 Å². The molecule has 0 saturated heterocycles. The molecular formula is C20H13F4NO4S. The van der Waals surface area contributed by atoms with Crippen molar-refractivity contribution >= 4 is 28.2 Å². The van der Waals surface area contributed by atoms with Crippen LogP contribution >= 0.6 is 11.3 Å². The molecule has 0 aliphatic carbocycles. The second-order valence-corrected chi connectivity index (χ2v) is 7.13. The molecule has 0 fully saturated rings. The number of hydrogen-bond donors (Lipinski definition) is 3. The van der Waals surface area contributed by atoms with Crippen LogP contribution in [0.5, 0.6) is 5.75 Å². The molecule has 10 heteroatoms. The van der Waals surface area contributed by atoms with Crippen molar-refractivity contribution in [2.45, 2.75) is 13.3 Å². The lowest BCUT2D eigenvalue weighted by atomic mass is 10.0. The molecule has 3 aromatic rings. The van der Waals surface area contributed by atoms with E-state index in [0.29, 0.717) is 0 Å². The Morgan fingerprint density at radius 2 is 1.77 bits per heavy atom. The number of alkyl halides is 2. The number of carboxylic acids is 1. The fourth-order valence-corrected chi connectivity index (χ4v) is 3.70. The normalized spacial score (nSPS) is 11.0. The summed E-state index contributed by atoms with van der Waals surface area (Å²) in [4.78, 5) is 24.2. The summed E-state index contributed by atoms with van der Waals surface area (Å²) in [5.74, 6) is -5.52. The van der Waals surface area contributed by atoms with Crippen LogP contribution in [0, 0.1) is 18.6 Å². The molecule has 2 aromatic carbocycles. The van der Waals surface area contributed by atoms with Gasteiger partial charge in [0.25, 0.3) is 12.3 Å². The highest BCUT2D eigenvalue weighted by Crippen LogP contribution is 2.38. The minimum Gasteiger partial charge on any atom is -0.507 e. The molecule has 0 radical (unpaired) electrons. The number of rotatable bonds is 5. The van der Waals surface area contributed by atoms with E-state index >= 15 is 0 Å². The number of carbonyl (C=O) groups excluding carboxylic acids is 1. The highest BCUT2D eigenvalue weighted by Gasteiger charge is 2.25.